The van der Waals surface area contributed by atoms with Crippen LogP contribution in [0.25, 0.3) is 10.6 Å². The summed E-state index contributed by atoms with van der Waals surface area (Å²) in [4.78, 5) is 0. The van der Waals surface area contributed by atoms with Gasteiger partial charge in [0.1, 0.15) is 11.5 Å². The highest BCUT2D eigenvalue weighted by molar-refractivity contribution is 7.18. The van der Waals surface area contributed by atoms with E-state index in [0.717, 1.165) is 21.5 Å². The standard InChI is InChI=1S/C14H19N3O3S/c1-4-18-9-20-12-8-10(19-5-2)6-7-11(12)13-16-17-14(15-3)21-13/h6-8H,4-5,9H2,1-3H3,(H,15,17). The number of aromatic nitrogens is 2. The molecular weight excluding hydrogens is 290 g/mol. The van der Waals surface area contributed by atoms with Gasteiger partial charge in [-0.25, -0.2) is 0 Å². The fourth-order valence-electron chi connectivity index (χ4n) is 1.68. The molecular formula is C14H19N3O3S. The van der Waals surface area contributed by atoms with Crippen molar-refractivity contribution in [2.45, 2.75) is 13.8 Å². The van der Waals surface area contributed by atoms with Gasteiger partial charge in [0.2, 0.25) is 5.13 Å². The zero-order valence-corrected chi connectivity index (χ0v) is 13.2. The van der Waals surface area contributed by atoms with Gasteiger partial charge in [-0.1, -0.05) is 11.3 Å². The van der Waals surface area contributed by atoms with Crippen molar-refractivity contribution >= 4 is 16.5 Å². The Kier molecular flexibility index (Phi) is 5.77. The van der Waals surface area contributed by atoms with E-state index in [4.69, 9.17) is 14.2 Å². The van der Waals surface area contributed by atoms with Gasteiger partial charge in [0.15, 0.2) is 11.8 Å². The number of rotatable bonds is 8. The summed E-state index contributed by atoms with van der Waals surface area (Å²) in [5, 5.41) is 12.7. The lowest BCUT2D eigenvalue weighted by Gasteiger charge is -2.11. The predicted molar refractivity (Wildman–Crippen MR) is 83.2 cm³/mol. The highest BCUT2D eigenvalue weighted by Gasteiger charge is 2.13. The summed E-state index contributed by atoms with van der Waals surface area (Å²) in [6, 6.07) is 5.66. The first kappa shape index (κ1) is 15.5. The number of benzene rings is 1. The highest BCUT2D eigenvalue weighted by Crippen LogP contribution is 2.36. The first-order valence-corrected chi connectivity index (χ1v) is 7.59. The van der Waals surface area contributed by atoms with Crippen LogP contribution in [-0.4, -0.2) is 37.3 Å². The normalized spacial score (nSPS) is 10.4. The molecule has 0 spiro atoms. The van der Waals surface area contributed by atoms with Crippen LogP contribution in [0.5, 0.6) is 11.5 Å². The van der Waals surface area contributed by atoms with Gasteiger partial charge in [-0.05, 0) is 26.0 Å². The Bertz CT molecular complexity index is 574. The minimum atomic E-state index is 0.191. The van der Waals surface area contributed by atoms with Crippen molar-refractivity contribution in [1.29, 1.82) is 0 Å². The lowest BCUT2D eigenvalue weighted by atomic mass is 10.2. The third-order valence-electron chi connectivity index (χ3n) is 2.64. The van der Waals surface area contributed by atoms with Crippen molar-refractivity contribution in [3.8, 4) is 22.1 Å². The Morgan fingerprint density at radius 3 is 2.67 bits per heavy atom. The van der Waals surface area contributed by atoms with E-state index in [0.29, 0.717) is 19.0 Å². The maximum absolute atomic E-state index is 5.68. The molecule has 0 radical (unpaired) electrons. The fraction of sp³-hybridized carbons (Fsp3) is 0.429. The van der Waals surface area contributed by atoms with Crippen LogP contribution in [0.4, 0.5) is 5.13 Å². The first-order valence-electron chi connectivity index (χ1n) is 6.77. The Hall–Kier alpha value is -1.86. The Balaban J connectivity index is 2.28. The molecule has 0 saturated carbocycles. The van der Waals surface area contributed by atoms with Crippen LogP contribution in [-0.2, 0) is 4.74 Å². The number of nitrogens with one attached hydrogen (secondary N) is 1. The second-order valence-corrected chi connectivity index (χ2v) is 4.99. The van der Waals surface area contributed by atoms with Gasteiger partial charge >= 0.3 is 0 Å². The fourth-order valence-corrected chi connectivity index (χ4v) is 2.40. The molecule has 1 aromatic carbocycles. The number of hydrogen-bond donors (Lipinski definition) is 1. The van der Waals surface area contributed by atoms with Gasteiger partial charge in [-0.2, -0.15) is 0 Å². The van der Waals surface area contributed by atoms with Gasteiger partial charge in [0, 0.05) is 19.7 Å². The molecule has 21 heavy (non-hydrogen) atoms. The zero-order valence-electron chi connectivity index (χ0n) is 12.4. The minimum Gasteiger partial charge on any atom is -0.494 e. The smallest absolute Gasteiger partial charge is 0.205 e. The van der Waals surface area contributed by atoms with E-state index in [1.165, 1.54) is 11.3 Å². The second-order valence-electron chi connectivity index (χ2n) is 4.01. The van der Waals surface area contributed by atoms with E-state index in [9.17, 15) is 0 Å². The van der Waals surface area contributed by atoms with Crippen LogP contribution in [0.3, 0.4) is 0 Å². The van der Waals surface area contributed by atoms with Gasteiger partial charge in [-0.15, -0.1) is 10.2 Å². The molecule has 7 heteroatoms. The molecule has 0 aliphatic rings. The minimum absolute atomic E-state index is 0.191. The molecule has 0 bridgehead atoms. The average molecular weight is 309 g/mol. The summed E-state index contributed by atoms with van der Waals surface area (Å²) in [5.74, 6) is 1.43. The van der Waals surface area contributed by atoms with E-state index in [1.807, 2.05) is 39.1 Å². The summed E-state index contributed by atoms with van der Waals surface area (Å²) >= 11 is 1.46. The van der Waals surface area contributed by atoms with Crippen LogP contribution in [0.2, 0.25) is 0 Å². The van der Waals surface area contributed by atoms with Crippen molar-refractivity contribution in [2.24, 2.45) is 0 Å². The van der Waals surface area contributed by atoms with Crippen molar-refractivity contribution in [3.63, 3.8) is 0 Å². The lowest BCUT2D eigenvalue weighted by Crippen LogP contribution is -2.03. The monoisotopic (exact) mass is 309 g/mol. The van der Waals surface area contributed by atoms with Crippen LogP contribution < -0.4 is 14.8 Å². The molecule has 0 aliphatic heterocycles. The summed E-state index contributed by atoms with van der Waals surface area (Å²) in [5.41, 5.74) is 0.872. The Labute approximate surface area is 128 Å². The molecule has 0 fully saturated rings. The summed E-state index contributed by atoms with van der Waals surface area (Å²) in [7, 11) is 1.81. The number of nitrogens with zero attached hydrogens (tertiary/aromatic N) is 2. The van der Waals surface area contributed by atoms with E-state index in [2.05, 4.69) is 15.5 Å². The molecule has 114 valence electrons. The molecule has 2 aromatic rings. The van der Waals surface area contributed by atoms with Gasteiger partial charge in [0.25, 0.3) is 0 Å². The average Bonchev–Trinajstić information content (AvgIpc) is 2.97. The van der Waals surface area contributed by atoms with Crippen molar-refractivity contribution in [1.82, 2.24) is 10.2 Å². The van der Waals surface area contributed by atoms with Crippen LogP contribution in [0.15, 0.2) is 18.2 Å². The molecule has 6 nitrogen and oxygen atoms in total. The van der Waals surface area contributed by atoms with Crippen LogP contribution >= 0.6 is 11.3 Å². The number of ether oxygens (including phenoxy) is 3. The lowest BCUT2D eigenvalue weighted by molar-refractivity contribution is 0.0226. The molecule has 0 saturated heterocycles. The topological polar surface area (TPSA) is 65.5 Å². The Morgan fingerprint density at radius 1 is 1.14 bits per heavy atom. The van der Waals surface area contributed by atoms with E-state index in [-0.39, 0.29) is 6.79 Å². The van der Waals surface area contributed by atoms with Crippen molar-refractivity contribution < 1.29 is 14.2 Å². The van der Waals surface area contributed by atoms with E-state index >= 15 is 0 Å². The summed E-state index contributed by atoms with van der Waals surface area (Å²) < 4.78 is 16.4. The quantitative estimate of drug-likeness (QED) is 0.597. The summed E-state index contributed by atoms with van der Waals surface area (Å²) in [6.45, 7) is 5.26. The SMILES string of the molecule is CCOCOc1cc(OCC)ccc1-c1nnc(NC)s1. The number of anilines is 1. The third-order valence-corrected chi connectivity index (χ3v) is 3.61. The van der Waals surface area contributed by atoms with Crippen LogP contribution in [0.1, 0.15) is 13.8 Å². The van der Waals surface area contributed by atoms with Crippen molar-refractivity contribution in [3.05, 3.63) is 18.2 Å². The molecule has 1 aromatic heterocycles. The molecule has 1 heterocycles. The third kappa shape index (κ3) is 4.05. The van der Waals surface area contributed by atoms with E-state index in [1.54, 1.807) is 0 Å². The molecule has 2 rings (SSSR count). The first-order chi connectivity index (χ1) is 10.3. The van der Waals surface area contributed by atoms with Gasteiger partial charge in [-0.3, -0.25) is 0 Å². The highest BCUT2D eigenvalue weighted by atomic mass is 32.1. The molecule has 0 unspecified atom stereocenters. The molecule has 0 atom stereocenters. The second kappa shape index (κ2) is 7.80. The largest absolute Gasteiger partial charge is 0.494 e. The number of hydrogen-bond acceptors (Lipinski definition) is 7. The van der Waals surface area contributed by atoms with E-state index < -0.39 is 0 Å². The van der Waals surface area contributed by atoms with Crippen molar-refractivity contribution in [2.75, 3.05) is 32.4 Å². The zero-order chi connectivity index (χ0) is 15.1. The van der Waals surface area contributed by atoms with Gasteiger partial charge in [0.05, 0.1) is 12.2 Å². The van der Waals surface area contributed by atoms with Gasteiger partial charge < -0.3 is 19.5 Å². The van der Waals surface area contributed by atoms with Crippen LogP contribution in [0, 0.1) is 0 Å². The maximum Gasteiger partial charge on any atom is 0.205 e. The molecule has 1 N–H and O–H groups in total. The Morgan fingerprint density at radius 2 is 2.00 bits per heavy atom. The predicted octanol–water partition coefficient (Wildman–Crippen LogP) is 3.02. The maximum atomic E-state index is 5.68. The molecule has 0 amide bonds. The molecule has 0 aliphatic carbocycles. The summed E-state index contributed by atoms with van der Waals surface area (Å²) in [6.07, 6.45) is 0.